The maximum absolute atomic E-state index is 12.0. The fourth-order valence-corrected chi connectivity index (χ4v) is 2.55. The highest BCUT2D eigenvalue weighted by atomic mass is 32.1. The number of rotatable bonds is 8. The molecule has 3 aromatic rings. The highest BCUT2D eigenvalue weighted by Gasteiger charge is 2.11. The number of carbonyl (C=O) groups excluding carboxylic acids is 1. The van der Waals surface area contributed by atoms with Crippen molar-refractivity contribution in [2.75, 3.05) is 6.61 Å². The number of hydrogen-bond acceptors (Lipinski definition) is 7. The van der Waals surface area contributed by atoms with Gasteiger partial charge in [0.2, 0.25) is 5.88 Å². The van der Waals surface area contributed by atoms with E-state index in [1.54, 1.807) is 17.6 Å². The van der Waals surface area contributed by atoms with Gasteiger partial charge in [-0.1, -0.05) is 17.5 Å². The van der Waals surface area contributed by atoms with E-state index in [1.165, 1.54) is 0 Å². The monoisotopic (exact) mass is 370 g/mol. The molecule has 0 unspecified atom stereocenters. The van der Waals surface area contributed by atoms with Crippen molar-refractivity contribution < 1.29 is 14.3 Å². The van der Waals surface area contributed by atoms with Crippen LogP contribution in [-0.4, -0.2) is 27.1 Å². The Kier molecular flexibility index (Phi) is 6.10. The van der Waals surface area contributed by atoms with Gasteiger partial charge >= 0.3 is 0 Å². The molecule has 0 fully saturated rings. The Morgan fingerprint density at radius 2 is 2.00 bits per heavy atom. The molecule has 0 aliphatic rings. The molecule has 2 heterocycles. The fourth-order valence-electron chi connectivity index (χ4n) is 2.12. The summed E-state index contributed by atoms with van der Waals surface area (Å²) in [5.41, 5.74) is 1.05. The van der Waals surface area contributed by atoms with Crippen LogP contribution >= 0.6 is 11.5 Å². The molecular formula is C18H18N4O3S. The second-order valence-corrected chi connectivity index (χ2v) is 5.97. The first-order valence-corrected chi connectivity index (χ1v) is 9.00. The van der Waals surface area contributed by atoms with Crippen molar-refractivity contribution in [1.82, 2.24) is 19.9 Å². The third-order valence-corrected chi connectivity index (χ3v) is 3.90. The summed E-state index contributed by atoms with van der Waals surface area (Å²) in [5.74, 6) is 1.59. The van der Waals surface area contributed by atoms with Crippen molar-refractivity contribution in [1.29, 1.82) is 0 Å². The average molecular weight is 370 g/mol. The highest BCUT2D eigenvalue weighted by Crippen LogP contribution is 2.25. The summed E-state index contributed by atoms with van der Waals surface area (Å²) in [6.07, 6.45) is 2.60. The summed E-state index contributed by atoms with van der Waals surface area (Å²) in [5, 5.41) is 8.13. The van der Waals surface area contributed by atoms with E-state index in [2.05, 4.69) is 26.8 Å². The lowest BCUT2D eigenvalue weighted by atomic mass is 10.2. The van der Waals surface area contributed by atoms with Crippen LogP contribution in [0.3, 0.4) is 0 Å². The van der Waals surface area contributed by atoms with Crippen molar-refractivity contribution in [2.24, 2.45) is 0 Å². The molecule has 1 N–H and O–H groups in total. The third kappa shape index (κ3) is 4.76. The molecule has 3 rings (SSSR count). The number of hydrogen-bond donors (Lipinski definition) is 1. The zero-order chi connectivity index (χ0) is 18.2. The minimum atomic E-state index is -0.286. The molecule has 0 atom stereocenters. The lowest BCUT2D eigenvalue weighted by Gasteiger charge is -2.11. The van der Waals surface area contributed by atoms with Gasteiger partial charge < -0.3 is 14.8 Å². The van der Waals surface area contributed by atoms with Crippen LogP contribution in [0.15, 0.2) is 48.0 Å². The topological polar surface area (TPSA) is 86.2 Å². The van der Waals surface area contributed by atoms with Gasteiger partial charge in [-0.3, -0.25) is 4.79 Å². The number of nitrogens with zero attached hydrogens (tertiary/aromatic N) is 3. The molecule has 0 saturated carbocycles. The zero-order valence-corrected chi connectivity index (χ0v) is 15.0. The summed E-state index contributed by atoms with van der Waals surface area (Å²) in [6, 6.07) is 11.0. The number of aromatic nitrogens is 3. The molecule has 1 amide bonds. The van der Waals surface area contributed by atoms with Crippen LogP contribution in [0.4, 0.5) is 0 Å². The van der Waals surface area contributed by atoms with Gasteiger partial charge in [0.1, 0.15) is 11.5 Å². The van der Waals surface area contributed by atoms with Crippen molar-refractivity contribution in [3.8, 4) is 17.4 Å². The fraction of sp³-hybridized carbons (Fsp3) is 0.222. The van der Waals surface area contributed by atoms with Gasteiger partial charge in [-0.05, 0) is 48.3 Å². The molecule has 0 spiro atoms. The van der Waals surface area contributed by atoms with E-state index in [4.69, 9.17) is 9.47 Å². The van der Waals surface area contributed by atoms with Crippen LogP contribution in [0, 0.1) is 0 Å². The molecule has 134 valence electrons. The second kappa shape index (κ2) is 8.91. The third-order valence-electron chi connectivity index (χ3n) is 3.39. The van der Waals surface area contributed by atoms with Crippen molar-refractivity contribution in [3.63, 3.8) is 0 Å². The molecule has 0 saturated heterocycles. The molecule has 26 heavy (non-hydrogen) atoms. The quantitative estimate of drug-likeness (QED) is 0.654. The number of benzene rings is 1. The lowest BCUT2D eigenvalue weighted by Crippen LogP contribution is -2.23. The molecular weight excluding hydrogens is 352 g/mol. The van der Waals surface area contributed by atoms with Gasteiger partial charge in [0.15, 0.2) is 5.69 Å². The number of ether oxygens (including phenoxy) is 2. The minimum Gasteiger partial charge on any atom is -0.494 e. The van der Waals surface area contributed by atoms with Crippen LogP contribution in [0.5, 0.6) is 17.4 Å². The summed E-state index contributed by atoms with van der Waals surface area (Å²) in [6.45, 7) is 3.01. The van der Waals surface area contributed by atoms with E-state index in [0.717, 1.165) is 29.3 Å². The molecule has 0 aliphatic carbocycles. The van der Waals surface area contributed by atoms with E-state index >= 15 is 0 Å². The maximum atomic E-state index is 12.0. The maximum Gasteiger partial charge on any atom is 0.273 e. The standard InChI is InChI=1S/C18H18N4O3S/c1-2-10-24-14-5-7-15(8-6-14)25-18-13(4-3-9-19-18)11-20-17(23)16-12-26-22-21-16/h3-9,12H,2,10-11H2,1H3,(H,20,23). The molecule has 0 radical (unpaired) electrons. The van der Waals surface area contributed by atoms with Gasteiger partial charge in [0.25, 0.3) is 5.91 Å². The van der Waals surface area contributed by atoms with Gasteiger partial charge in [-0.2, -0.15) is 0 Å². The Morgan fingerprint density at radius 1 is 1.19 bits per heavy atom. The Bertz CT molecular complexity index is 838. The van der Waals surface area contributed by atoms with E-state index < -0.39 is 0 Å². The first-order chi connectivity index (χ1) is 12.8. The predicted octanol–water partition coefficient (Wildman–Crippen LogP) is 3.44. The van der Waals surface area contributed by atoms with Crippen molar-refractivity contribution in [2.45, 2.75) is 19.9 Å². The van der Waals surface area contributed by atoms with Crippen LogP contribution in [0.2, 0.25) is 0 Å². The summed E-state index contributed by atoms with van der Waals surface area (Å²) < 4.78 is 15.1. The van der Waals surface area contributed by atoms with Crippen molar-refractivity contribution >= 4 is 17.4 Å². The van der Waals surface area contributed by atoms with Crippen LogP contribution in [0.1, 0.15) is 29.4 Å². The van der Waals surface area contributed by atoms with E-state index in [-0.39, 0.29) is 12.5 Å². The largest absolute Gasteiger partial charge is 0.494 e. The number of pyridine rings is 1. The van der Waals surface area contributed by atoms with Gasteiger partial charge in [-0.15, -0.1) is 5.10 Å². The number of carbonyl (C=O) groups is 1. The molecule has 8 heteroatoms. The number of nitrogens with one attached hydrogen (secondary N) is 1. The summed E-state index contributed by atoms with van der Waals surface area (Å²) in [7, 11) is 0. The molecule has 1 aromatic carbocycles. The molecule has 2 aromatic heterocycles. The summed E-state index contributed by atoms with van der Waals surface area (Å²) in [4.78, 5) is 16.2. The van der Waals surface area contributed by atoms with Crippen LogP contribution in [-0.2, 0) is 6.54 Å². The smallest absolute Gasteiger partial charge is 0.273 e. The summed E-state index contributed by atoms with van der Waals surface area (Å²) >= 11 is 1.13. The van der Waals surface area contributed by atoms with Gasteiger partial charge in [0, 0.05) is 23.7 Å². The Morgan fingerprint density at radius 3 is 2.73 bits per heavy atom. The Hall–Kier alpha value is -3.00. The van der Waals surface area contributed by atoms with E-state index in [0.29, 0.717) is 23.9 Å². The zero-order valence-electron chi connectivity index (χ0n) is 14.2. The molecule has 7 nitrogen and oxygen atoms in total. The van der Waals surface area contributed by atoms with Crippen LogP contribution in [0.25, 0.3) is 0 Å². The van der Waals surface area contributed by atoms with Gasteiger partial charge in [-0.25, -0.2) is 4.98 Å². The predicted molar refractivity (Wildman–Crippen MR) is 97.6 cm³/mol. The first-order valence-electron chi connectivity index (χ1n) is 8.16. The average Bonchev–Trinajstić information content (AvgIpc) is 3.21. The van der Waals surface area contributed by atoms with E-state index in [1.807, 2.05) is 30.3 Å². The van der Waals surface area contributed by atoms with E-state index in [9.17, 15) is 4.79 Å². The SMILES string of the molecule is CCCOc1ccc(Oc2ncccc2CNC(=O)c2csnn2)cc1. The Balaban J connectivity index is 1.64. The van der Waals surface area contributed by atoms with Crippen molar-refractivity contribution in [3.05, 3.63) is 59.2 Å². The lowest BCUT2D eigenvalue weighted by molar-refractivity contribution is 0.0945. The first kappa shape index (κ1) is 17.8. The molecule has 0 bridgehead atoms. The normalized spacial score (nSPS) is 10.3. The highest BCUT2D eigenvalue weighted by molar-refractivity contribution is 7.03. The molecule has 0 aliphatic heterocycles. The second-order valence-electron chi connectivity index (χ2n) is 5.36. The minimum absolute atomic E-state index is 0.275. The Labute approximate surface area is 155 Å². The van der Waals surface area contributed by atoms with Gasteiger partial charge in [0.05, 0.1) is 6.61 Å². The van der Waals surface area contributed by atoms with Crippen LogP contribution < -0.4 is 14.8 Å². The number of amides is 1.